The minimum absolute atomic E-state index is 0.142. The van der Waals surface area contributed by atoms with Gasteiger partial charge >= 0.3 is 0 Å². The van der Waals surface area contributed by atoms with E-state index in [-0.39, 0.29) is 18.2 Å². The SMILES string of the molecule is CNC(=O)c1ccc(NC(=O)Cc2csc(-c3cc(Br)cs3)n2)cc1. The summed E-state index contributed by atoms with van der Waals surface area (Å²) in [5.41, 5.74) is 1.94. The van der Waals surface area contributed by atoms with Gasteiger partial charge in [0.2, 0.25) is 5.91 Å². The summed E-state index contributed by atoms with van der Waals surface area (Å²) in [6.45, 7) is 0. The van der Waals surface area contributed by atoms with Gasteiger partial charge in [0.25, 0.3) is 5.91 Å². The van der Waals surface area contributed by atoms with Gasteiger partial charge in [-0.15, -0.1) is 22.7 Å². The largest absolute Gasteiger partial charge is 0.355 e. The van der Waals surface area contributed by atoms with Gasteiger partial charge in [-0.2, -0.15) is 0 Å². The molecule has 0 aliphatic carbocycles. The molecule has 128 valence electrons. The zero-order valence-electron chi connectivity index (χ0n) is 13.2. The molecule has 0 spiro atoms. The molecule has 2 heterocycles. The summed E-state index contributed by atoms with van der Waals surface area (Å²) in [5.74, 6) is -0.301. The third kappa shape index (κ3) is 4.53. The molecule has 0 saturated heterocycles. The minimum atomic E-state index is -0.159. The second kappa shape index (κ2) is 7.90. The molecule has 0 fully saturated rings. The number of amides is 2. The Balaban J connectivity index is 1.61. The topological polar surface area (TPSA) is 71.1 Å². The second-order valence-corrected chi connectivity index (χ2v) is 7.84. The second-order valence-electron chi connectivity index (χ2n) is 5.15. The smallest absolute Gasteiger partial charge is 0.251 e. The summed E-state index contributed by atoms with van der Waals surface area (Å²) in [5, 5.41) is 10.2. The van der Waals surface area contributed by atoms with Crippen LogP contribution in [0.4, 0.5) is 5.69 Å². The number of nitrogens with one attached hydrogen (secondary N) is 2. The van der Waals surface area contributed by atoms with E-state index >= 15 is 0 Å². The molecular weight excluding hydrogens is 422 g/mol. The highest BCUT2D eigenvalue weighted by Crippen LogP contribution is 2.32. The summed E-state index contributed by atoms with van der Waals surface area (Å²) in [6, 6.07) is 8.77. The van der Waals surface area contributed by atoms with E-state index in [2.05, 4.69) is 31.5 Å². The standard InChI is InChI=1S/C17H14BrN3O2S2/c1-19-16(23)10-2-4-12(5-3-10)20-15(22)7-13-9-25-17(21-13)14-6-11(18)8-24-14/h2-6,8-9H,7H2,1H3,(H,19,23)(H,20,22). The van der Waals surface area contributed by atoms with Crippen LogP contribution < -0.4 is 10.6 Å². The lowest BCUT2D eigenvalue weighted by Crippen LogP contribution is -2.18. The molecule has 25 heavy (non-hydrogen) atoms. The normalized spacial score (nSPS) is 10.5. The molecule has 0 aliphatic rings. The fourth-order valence-corrected chi connectivity index (χ4v) is 4.47. The average molecular weight is 436 g/mol. The van der Waals surface area contributed by atoms with E-state index in [0.717, 1.165) is 20.1 Å². The molecule has 0 atom stereocenters. The molecule has 1 aromatic carbocycles. The molecule has 0 saturated carbocycles. The number of anilines is 1. The van der Waals surface area contributed by atoms with Crippen LogP contribution >= 0.6 is 38.6 Å². The van der Waals surface area contributed by atoms with Crippen LogP contribution in [0.3, 0.4) is 0 Å². The number of thiazole rings is 1. The van der Waals surface area contributed by atoms with Gasteiger partial charge in [0.05, 0.1) is 17.0 Å². The predicted octanol–water partition coefficient (Wildman–Crippen LogP) is 4.17. The molecule has 8 heteroatoms. The zero-order chi connectivity index (χ0) is 17.8. The molecule has 0 unspecified atom stereocenters. The van der Waals surface area contributed by atoms with Crippen molar-refractivity contribution in [2.75, 3.05) is 12.4 Å². The summed E-state index contributed by atoms with van der Waals surface area (Å²) in [7, 11) is 1.58. The Kier molecular flexibility index (Phi) is 5.62. The number of hydrogen-bond donors (Lipinski definition) is 2. The maximum absolute atomic E-state index is 12.2. The first-order valence-corrected chi connectivity index (χ1v) is 9.91. The van der Waals surface area contributed by atoms with E-state index in [4.69, 9.17) is 0 Å². The first-order chi connectivity index (χ1) is 12.0. The van der Waals surface area contributed by atoms with Gasteiger partial charge < -0.3 is 10.6 Å². The van der Waals surface area contributed by atoms with Crippen molar-refractivity contribution < 1.29 is 9.59 Å². The van der Waals surface area contributed by atoms with Crippen molar-refractivity contribution >= 4 is 56.1 Å². The Bertz CT molecular complexity index is 903. The van der Waals surface area contributed by atoms with Crippen LogP contribution in [-0.2, 0) is 11.2 Å². The quantitative estimate of drug-likeness (QED) is 0.631. The molecule has 0 bridgehead atoms. The molecule has 3 rings (SSSR count). The predicted molar refractivity (Wildman–Crippen MR) is 105 cm³/mol. The number of hydrogen-bond acceptors (Lipinski definition) is 5. The molecule has 0 aliphatic heterocycles. The Morgan fingerprint density at radius 1 is 1.16 bits per heavy atom. The number of rotatable bonds is 5. The highest BCUT2D eigenvalue weighted by molar-refractivity contribution is 9.10. The van der Waals surface area contributed by atoms with Gasteiger partial charge in [0, 0.05) is 33.5 Å². The first-order valence-electron chi connectivity index (χ1n) is 7.36. The molecule has 3 aromatic rings. The van der Waals surface area contributed by atoms with Gasteiger partial charge in [-0.1, -0.05) is 0 Å². The van der Waals surface area contributed by atoms with E-state index in [1.165, 1.54) is 11.3 Å². The van der Waals surface area contributed by atoms with Crippen LogP contribution in [0.1, 0.15) is 16.1 Å². The van der Waals surface area contributed by atoms with E-state index in [1.54, 1.807) is 42.6 Å². The Hall–Kier alpha value is -2.03. The third-order valence-electron chi connectivity index (χ3n) is 3.33. The van der Waals surface area contributed by atoms with Crippen molar-refractivity contribution in [1.29, 1.82) is 0 Å². The van der Waals surface area contributed by atoms with Crippen molar-refractivity contribution in [3.63, 3.8) is 0 Å². The number of nitrogens with zero attached hydrogens (tertiary/aromatic N) is 1. The highest BCUT2D eigenvalue weighted by Gasteiger charge is 2.11. The lowest BCUT2D eigenvalue weighted by molar-refractivity contribution is -0.115. The third-order valence-corrected chi connectivity index (χ3v) is 6.08. The van der Waals surface area contributed by atoms with Crippen LogP contribution in [0.15, 0.2) is 45.6 Å². The number of carbonyl (C=O) groups excluding carboxylic acids is 2. The van der Waals surface area contributed by atoms with Crippen molar-refractivity contribution in [2.45, 2.75) is 6.42 Å². The van der Waals surface area contributed by atoms with Gasteiger partial charge in [-0.3, -0.25) is 9.59 Å². The Morgan fingerprint density at radius 2 is 1.92 bits per heavy atom. The van der Waals surface area contributed by atoms with Crippen molar-refractivity contribution in [3.05, 3.63) is 56.8 Å². The van der Waals surface area contributed by atoms with Crippen LogP contribution in [-0.4, -0.2) is 23.8 Å². The van der Waals surface area contributed by atoms with Gasteiger partial charge in [0.1, 0.15) is 5.01 Å². The maximum Gasteiger partial charge on any atom is 0.251 e. The number of thiophene rings is 1. The molecule has 2 aromatic heterocycles. The fraction of sp³-hybridized carbons (Fsp3) is 0.118. The Morgan fingerprint density at radius 3 is 2.56 bits per heavy atom. The monoisotopic (exact) mass is 435 g/mol. The number of carbonyl (C=O) groups is 2. The lowest BCUT2D eigenvalue weighted by atomic mass is 10.2. The summed E-state index contributed by atoms with van der Waals surface area (Å²) in [6.07, 6.45) is 0.209. The summed E-state index contributed by atoms with van der Waals surface area (Å²) < 4.78 is 1.03. The van der Waals surface area contributed by atoms with E-state index in [9.17, 15) is 9.59 Å². The van der Waals surface area contributed by atoms with Gasteiger partial charge in [-0.05, 0) is 46.3 Å². The van der Waals surface area contributed by atoms with E-state index < -0.39 is 0 Å². The lowest BCUT2D eigenvalue weighted by Gasteiger charge is -2.05. The van der Waals surface area contributed by atoms with Crippen LogP contribution in [0.2, 0.25) is 0 Å². The fourth-order valence-electron chi connectivity index (χ4n) is 2.15. The van der Waals surface area contributed by atoms with Crippen molar-refractivity contribution in [1.82, 2.24) is 10.3 Å². The molecule has 2 amide bonds. The zero-order valence-corrected chi connectivity index (χ0v) is 16.4. The van der Waals surface area contributed by atoms with E-state index in [1.807, 2.05) is 16.8 Å². The van der Waals surface area contributed by atoms with Gasteiger partial charge in [-0.25, -0.2) is 4.98 Å². The number of aromatic nitrogens is 1. The summed E-state index contributed by atoms with van der Waals surface area (Å²) in [4.78, 5) is 29.3. The first kappa shape index (κ1) is 17.8. The minimum Gasteiger partial charge on any atom is -0.355 e. The van der Waals surface area contributed by atoms with Crippen LogP contribution in [0, 0.1) is 0 Å². The van der Waals surface area contributed by atoms with Gasteiger partial charge in [0.15, 0.2) is 0 Å². The average Bonchev–Trinajstić information content (AvgIpc) is 3.23. The number of benzene rings is 1. The Labute approximate surface area is 161 Å². The van der Waals surface area contributed by atoms with Crippen molar-refractivity contribution in [2.24, 2.45) is 0 Å². The molecule has 5 nitrogen and oxygen atoms in total. The molecular formula is C17H14BrN3O2S2. The van der Waals surface area contributed by atoms with E-state index in [0.29, 0.717) is 11.3 Å². The number of halogens is 1. The molecule has 2 N–H and O–H groups in total. The maximum atomic E-state index is 12.2. The summed E-state index contributed by atoms with van der Waals surface area (Å²) >= 11 is 6.57. The van der Waals surface area contributed by atoms with Crippen LogP contribution in [0.5, 0.6) is 0 Å². The highest BCUT2D eigenvalue weighted by atomic mass is 79.9. The molecule has 0 radical (unpaired) electrons. The van der Waals surface area contributed by atoms with Crippen molar-refractivity contribution in [3.8, 4) is 9.88 Å². The van der Waals surface area contributed by atoms with Crippen LogP contribution in [0.25, 0.3) is 9.88 Å².